The van der Waals surface area contributed by atoms with Crippen LogP contribution in [0.25, 0.3) is 10.9 Å². The van der Waals surface area contributed by atoms with Gasteiger partial charge in [-0.2, -0.15) is 0 Å². The van der Waals surface area contributed by atoms with Crippen LogP contribution in [0.2, 0.25) is 0 Å². The molecule has 4 rings (SSSR count). The fourth-order valence-electron chi connectivity index (χ4n) is 4.00. The molecule has 0 atom stereocenters. The number of hydrogen-bond acceptors (Lipinski definition) is 3. The summed E-state index contributed by atoms with van der Waals surface area (Å²) in [7, 11) is 1.59. The average molecular weight is 441 g/mol. The second kappa shape index (κ2) is 9.74. The van der Waals surface area contributed by atoms with E-state index in [1.165, 1.54) is 5.56 Å². The van der Waals surface area contributed by atoms with E-state index in [-0.39, 0.29) is 18.0 Å². The summed E-state index contributed by atoms with van der Waals surface area (Å²) in [4.78, 5) is 26.4. The van der Waals surface area contributed by atoms with Crippen LogP contribution in [-0.2, 0) is 24.2 Å². The van der Waals surface area contributed by atoms with Crippen molar-refractivity contribution in [3.8, 4) is 5.75 Å². The van der Waals surface area contributed by atoms with Crippen LogP contribution >= 0.6 is 0 Å². The second-order valence-corrected chi connectivity index (χ2v) is 8.34. The van der Waals surface area contributed by atoms with E-state index in [9.17, 15) is 9.59 Å². The third-order valence-electron chi connectivity index (χ3n) is 5.87. The molecule has 1 N–H and O–H groups in total. The number of anilines is 1. The van der Waals surface area contributed by atoms with Crippen LogP contribution in [0.1, 0.15) is 22.3 Å². The molecule has 0 bridgehead atoms. The first-order chi connectivity index (χ1) is 15.9. The molecule has 0 aliphatic carbocycles. The van der Waals surface area contributed by atoms with Crippen molar-refractivity contribution in [2.75, 3.05) is 12.4 Å². The maximum Gasteiger partial charge on any atom is 0.254 e. The van der Waals surface area contributed by atoms with E-state index in [1.54, 1.807) is 11.7 Å². The van der Waals surface area contributed by atoms with Gasteiger partial charge in [-0.3, -0.25) is 14.2 Å². The number of pyridine rings is 1. The molecule has 0 unspecified atom stereocenters. The molecule has 1 heterocycles. The molecule has 0 aliphatic heterocycles. The van der Waals surface area contributed by atoms with Gasteiger partial charge >= 0.3 is 0 Å². The molecule has 1 amide bonds. The van der Waals surface area contributed by atoms with Crippen molar-refractivity contribution >= 4 is 22.5 Å². The lowest BCUT2D eigenvalue weighted by molar-refractivity contribution is -0.116. The summed E-state index contributed by atoms with van der Waals surface area (Å²) in [6.45, 7) is 3.86. The molecule has 0 aliphatic rings. The van der Waals surface area contributed by atoms with E-state index in [0.717, 1.165) is 28.6 Å². The first-order valence-electron chi connectivity index (χ1n) is 11.1. The van der Waals surface area contributed by atoms with Gasteiger partial charge in [-0.1, -0.05) is 42.5 Å². The fourth-order valence-corrected chi connectivity index (χ4v) is 4.00. The highest BCUT2D eigenvalue weighted by atomic mass is 16.5. The molecule has 3 aromatic carbocycles. The maximum absolute atomic E-state index is 13.5. The Hall–Kier alpha value is -3.86. The highest BCUT2D eigenvalue weighted by molar-refractivity contribution is 5.92. The Balaban J connectivity index is 1.69. The van der Waals surface area contributed by atoms with E-state index in [2.05, 4.69) is 17.4 Å². The summed E-state index contributed by atoms with van der Waals surface area (Å²) in [6, 6.07) is 23.5. The molecule has 5 heteroatoms. The molecule has 4 aromatic rings. The van der Waals surface area contributed by atoms with E-state index < -0.39 is 0 Å². The lowest BCUT2D eigenvalue weighted by atomic mass is 10.0. The third-order valence-corrected chi connectivity index (χ3v) is 5.87. The van der Waals surface area contributed by atoms with Gasteiger partial charge in [-0.05, 0) is 73.0 Å². The number of fused-ring (bicyclic) bond motifs is 1. The molecule has 0 saturated heterocycles. The quantitative estimate of drug-likeness (QED) is 0.437. The zero-order chi connectivity index (χ0) is 23.4. The number of rotatable bonds is 7. The van der Waals surface area contributed by atoms with Crippen molar-refractivity contribution in [2.24, 2.45) is 0 Å². The molecular weight excluding hydrogens is 412 g/mol. The van der Waals surface area contributed by atoms with Crippen molar-refractivity contribution in [3.05, 3.63) is 105 Å². The topological polar surface area (TPSA) is 60.3 Å². The minimum absolute atomic E-state index is 0.0743. The van der Waals surface area contributed by atoms with Gasteiger partial charge in [0, 0.05) is 17.3 Å². The standard InChI is InChI=1S/C28H28N2O3/c1-19-9-10-20(2)25(15-19)29-27(31)18-30-26-17-24(33-3)14-13-22(26)16-23(28(30)32)12-11-21-7-5-4-6-8-21/h4-10,13-17H,11-12,18H2,1-3H3,(H,29,31). The highest BCUT2D eigenvalue weighted by Crippen LogP contribution is 2.22. The molecule has 168 valence electrons. The minimum atomic E-state index is -0.241. The number of nitrogens with zero attached hydrogens (tertiary/aromatic N) is 1. The number of carbonyl (C=O) groups excluding carboxylic acids is 1. The average Bonchev–Trinajstić information content (AvgIpc) is 2.82. The number of ether oxygens (including phenoxy) is 1. The lowest BCUT2D eigenvalue weighted by Crippen LogP contribution is -2.30. The number of benzene rings is 3. The summed E-state index contributed by atoms with van der Waals surface area (Å²) in [5.74, 6) is 0.401. The monoisotopic (exact) mass is 440 g/mol. The molecule has 5 nitrogen and oxygen atoms in total. The Morgan fingerprint density at radius 3 is 2.48 bits per heavy atom. The zero-order valence-electron chi connectivity index (χ0n) is 19.2. The van der Waals surface area contributed by atoms with Gasteiger partial charge in [0.25, 0.3) is 5.56 Å². The number of carbonyl (C=O) groups is 1. The predicted octanol–water partition coefficient (Wildman–Crippen LogP) is 5.05. The third kappa shape index (κ3) is 5.14. The first-order valence-corrected chi connectivity index (χ1v) is 11.1. The Kier molecular flexibility index (Phi) is 6.59. The largest absolute Gasteiger partial charge is 0.497 e. The second-order valence-electron chi connectivity index (χ2n) is 8.34. The minimum Gasteiger partial charge on any atom is -0.497 e. The van der Waals surface area contributed by atoms with Gasteiger partial charge in [0.1, 0.15) is 12.3 Å². The zero-order valence-corrected chi connectivity index (χ0v) is 19.2. The van der Waals surface area contributed by atoms with E-state index in [1.807, 2.05) is 74.5 Å². The summed E-state index contributed by atoms with van der Waals surface area (Å²) in [5.41, 5.74) is 5.19. The Bertz CT molecular complexity index is 1360. The predicted molar refractivity (Wildman–Crippen MR) is 133 cm³/mol. The van der Waals surface area contributed by atoms with Crippen LogP contribution in [0.4, 0.5) is 5.69 Å². The molecular formula is C28H28N2O3. The molecule has 0 saturated carbocycles. The summed E-state index contributed by atoms with van der Waals surface area (Å²) >= 11 is 0. The smallest absolute Gasteiger partial charge is 0.254 e. The molecule has 33 heavy (non-hydrogen) atoms. The summed E-state index contributed by atoms with van der Waals surface area (Å²) in [6.07, 6.45) is 1.36. The Morgan fingerprint density at radius 1 is 0.939 bits per heavy atom. The van der Waals surface area contributed by atoms with Crippen molar-refractivity contribution in [1.82, 2.24) is 4.57 Å². The van der Waals surface area contributed by atoms with Crippen molar-refractivity contribution in [1.29, 1.82) is 0 Å². The van der Waals surface area contributed by atoms with Gasteiger partial charge < -0.3 is 10.1 Å². The molecule has 0 spiro atoms. The van der Waals surface area contributed by atoms with Crippen LogP contribution in [0.5, 0.6) is 5.75 Å². The number of hydrogen-bond donors (Lipinski definition) is 1. The van der Waals surface area contributed by atoms with Crippen molar-refractivity contribution in [3.63, 3.8) is 0 Å². The fraction of sp³-hybridized carbons (Fsp3) is 0.214. The van der Waals surface area contributed by atoms with Gasteiger partial charge in [-0.15, -0.1) is 0 Å². The van der Waals surface area contributed by atoms with E-state index in [4.69, 9.17) is 4.74 Å². The number of aromatic nitrogens is 1. The van der Waals surface area contributed by atoms with Crippen LogP contribution in [0.3, 0.4) is 0 Å². The molecule has 0 radical (unpaired) electrons. The van der Waals surface area contributed by atoms with Gasteiger partial charge in [-0.25, -0.2) is 0 Å². The van der Waals surface area contributed by atoms with Crippen molar-refractivity contribution in [2.45, 2.75) is 33.2 Å². The van der Waals surface area contributed by atoms with Crippen LogP contribution in [0, 0.1) is 13.8 Å². The lowest BCUT2D eigenvalue weighted by Gasteiger charge is -2.15. The van der Waals surface area contributed by atoms with Crippen LogP contribution in [0.15, 0.2) is 77.6 Å². The summed E-state index contributed by atoms with van der Waals surface area (Å²) < 4.78 is 6.92. The number of aryl methyl sites for hydroxylation is 4. The number of nitrogens with one attached hydrogen (secondary N) is 1. The maximum atomic E-state index is 13.5. The van der Waals surface area contributed by atoms with Gasteiger partial charge in [0.2, 0.25) is 5.91 Å². The Morgan fingerprint density at radius 2 is 1.73 bits per heavy atom. The molecule has 1 aromatic heterocycles. The van der Waals surface area contributed by atoms with E-state index >= 15 is 0 Å². The van der Waals surface area contributed by atoms with Gasteiger partial charge in [0.15, 0.2) is 0 Å². The number of amides is 1. The number of methoxy groups -OCH3 is 1. The molecule has 0 fully saturated rings. The normalized spacial score (nSPS) is 10.9. The van der Waals surface area contributed by atoms with Crippen molar-refractivity contribution < 1.29 is 9.53 Å². The Labute approximate surface area is 193 Å². The van der Waals surface area contributed by atoms with Crippen LogP contribution in [-0.4, -0.2) is 17.6 Å². The SMILES string of the molecule is COc1ccc2cc(CCc3ccccc3)c(=O)n(CC(=O)Nc3cc(C)ccc3C)c2c1. The first kappa shape index (κ1) is 22.3. The summed E-state index contributed by atoms with van der Waals surface area (Å²) in [5, 5.41) is 3.87. The highest BCUT2D eigenvalue weighted by Gasteiger charge is 2.14. The van der Waals surface area contributed by atoms with Crippen LogP contribution < -0.4 is 15.6 Å². The van der Waals surface area contributed by atoms with E-state index in [0.29, 0.717) is 23.3 Å². The van der Waals surface area contributed by atoms with Gasteiger partial charge in [0.05, 0.1) is 12.6 Å².